The van der Waals surface area contributed by atoms with E-state index in [1.54, 1.807) is 12.1 Å². The van der Waals surface area contributed by atoms with Gasteiger partial charge in [-0.2, -0.15) is 0 Å². The summed E-state index contributed by atoms with van der Waals surface area (Å²) < 4.78 is 25.6. The lowest BCUT2D eigenvalue weighted by Crippen LogP contribution is -2.07. The van der Waals surface area contributed by atoms with Crippen LogP contribution >= 0.6 is 23.2 Å². The largest absolute Gasteiger partial charge is 0.302 e. The molecule has 0 atom stereocenters. The van der Waals surface area contributed by atoms with Crippen LogP contribution in [0.5, 0.6) is 0 Å². The molecule has 4 rings (SSSR count). The summed E-state index contributed by atoms with van der Waals surface area (Å²) in [5, 5.41) is 0.177. The minimum atomic E-state index is -0.438. The number of aldehydes is 2. The van der Waals surface area contributed by atoms with Gasteiger partial charge in [-0.15, -0.1) is 0 Å². The van der Waals surface area contributed by atoms with Gasteiger partial charge in [-0.3, -0.25) is 0 Å². The average Bonchev–Trinajstić information content (AvgIpc) is 3.55. The highest BCUT2D eigenvalue weighted by Gasteiger charge is 2.45. The highest BCUT2D eigenvalue weighted by atomic mass is 35.5. The molecule has 0 radical (unpaired) electrons. The first-order valence-corrected chi connectivity index (χ1v) is 8.95. The molecule has 2 aromatic carbocycles. The second-order valence-corrected chi connectivity index (χ2v) is 7.62. The number of rotatable bonds is 4. The average molecular weight is 397 g/mol. The molecule has 0 amide bonds. The minimum absolute atomic E-state index is 0.0885. The van der Waals surface area contributed by atoms with Crippen LogP contribution in [0.25, 0.3) is 0 Å². The first kappa shape index (κ1) is 19.0. The summed E-state index contributed by atoms with van der Waals surface area (Å²) in [6.45, 7) is 0. The minimum Gasteiger partial charge on any atom is -0.302 e. The molecule has 0 heterocycles. The van der Waals surface area contributed by atoms with Crippen molar-refractivity contribution in [2.24, 2.45) is 0 Å². The van der Waals surface area contributed by atoms with Gasteiger partial charge in [0.1, 0.15) is 24.2 Å². The highest BCUT2D eigenvalue weighted by Crippen LogP contribution is 2.47. The molecule has 0 aromatic heterocycles. The first-order chi connectivity index (χ1) is 12.4. The number of hydrogen-bond donors (Lipinski definition) is 0. The van der Waals surface area contributed by atoms with E-state index >= 15 is 0 Å². The number of carbonyl (C=O) groups is 2. The third-order valence-corrected chi connectivity index (χ3v) is 5.60. The van der Waals surface area contributed by atoms with Gasteiger partial charge in [-0.25, -0.2) is 8.78 Å². The van der Waals surface area contributed by atoms with Crippen LogP contribution in [0, 0.1) is 11.6 Å². The fraction of sp³-hybridized carbons (Fsp3) is 0.300. The number of carbonyl (C=O) groups excluding carboxylic acids is 2. The standard InChI is InChI=1S/2C10H8ClFO/c2*11-8-5-7(1-2-9(8)12)10(6-13)3-4-10/h2*1-2,5-6H,3-4H2. The molecule has 2 aromatic rings. The van der Waals surface area contributed by atoms with Gasteiger partial charge in [0, 0.05) is 0 Å². The van der Waals surface area contributed by atoms with Crippen molar-refractivity contribution in [3.05, 3.63) is 69.2 Å². The van der Waals surface area contributed by atoms with Gasteiger partial charge in [0.05, 0.1) is 20.9 Å². The molecule has 0 saturated heterocycles. The fourth-order valence-electron chi connectivity index (χ4n) is 2.83. The molecular formula is C20H16Cl2F2O2. The molecule has 2 nitrogen and oxygen atoms in total. The van der Waals surface area contributed by atoms with Gasteiger partial charge in [0.25, 0.3) is 0 Å². The molecule has 0 spiro atoms. The Balaban J connectivity index is 0.000000151. The Hall–Kier alpha value is -1.78. The summed E-state index contributed by atoms with van der Waals surface area (Å²) in [6.07, 6.45) is 5.24. The van der Waals surface area contributed by atoms with Crippen LogP contribution in [0.4, 0.5) is 8.78 Å². The number of halogens is 4. The Morgan fingerprint density at radius 1 is 0.731 bits per heavy atom. The van der Waals surface area contributed by atoms with Crippen molar-refractivity contribution in [1.82, 2.24) is 0 Å². The van der Waals surface area contributed by atoms with E-state index in [1.165, 1.54) is 24.3 Å². The Labute approximate surface area is 160 Å². The molecule has 2 aliphatic rings. The van der Waals surface area contributed by atoms with Gasteiger partial charge in [-0.05, 0) is 61.1 Å². The van der Waals surface area contributed by atoms with Crippen molar-refractivity contribution in [2.75, 3.05) is 0 Å². The summed E-state index contributed by atoms with van der Waals surface area (Å²) in [5.41, 5.74) is 0.928. The summed E-state index contributed by atoms with van der Waals surface area (Å²) in [5.74, 6) is -0.876. The van der Waals surface area contributed by atoms with Crippen LogP contribution in [-0.4, -0.2) is 12.6 Å². The van der Waals surface area contributed by atoms with E-state index in [0.717, 1.165) is 49.4 Å². The number of hydrogen-bond acceptors (Lipinski definition) is 2. The Morgan fingerprint density at radius 3 is 1.31 bits per heavy atom. The third kappa shape index (κ3) is 3.67. The van der Waals surface area contributed by atoms with E-state index in [1.807, 2.05) is 0 Å². The lowest BCUT2D eigenvalue weighted by molar-refractivity contribution is -0.110. The molecule has 2 fully saturated rings. The maximum Gasteiger partial charge on any atom is 0.141 e. The third-order valence-electron chi connectivity index (χ3n) is 5.02. The van der Waals surface area contributed by atoms with Crippen molar-refractivity contribution < 1.29 is 18.4 Å². The fourth-order valence-corrected chi connectivity index (χ4v) is 3.19. The zero-order valence-corrected chi connectivity index (χ0v) is 15.3. The van der Waals surface area contributed by atoms with Crippen molar-refractivity contribution in [3.63, 3.8) is 0 Å². The zero-order chi connectivity index (χ0) is 18.9. The predicted octanol–water partition coefficient (Wildman–Crippen LogP) is 5.42. The smallest absolute Gasteiger partial charge is 0.141 e. The highest BCUT2D eigenvalue weighted by molar-refractivity contribution is 6.31. The van der Waals surface area contributed by atoms with Crippen molar-refractivity contribution in [3.8, 4) is 0 Å². The van der Waals surface area contributed by atoms with Crippen LogP contribution in [0.1, 0.15) is 36.8 Å². The molecule has 0 bridgehead atoms. The summed E-state index contributed by atoms with van der Waals surface area (Å²) >= 11 is 11.2. The molecule has 0 unspecified atom stereocenters. The van der Waals surface area contributed by atoms with Crippen LogP contribution < -0.4 is 0 Å². The van der Waals surface area contributed by atoms with Crippen LogP contribution in [0.15, 0.2) is 36.4 Å². The quantitative estimate of drug-likeness (QED) is 0.646. The van der Waals surface area contributed by atoms with Gasteiger partial charge in [0.2, 0.25) is 0 Å². The van der Waals surface area contributed by atoms with E-state index in [4.69, 9.17) is 23.2 Å². The molecule has 2 aliphatic carbocycles. The Kier molecular flexibility index (Phi) is 5.18. The number of benzene rings is 2. The normalized spacial score (nSPS) is 18.3. The second-order valence-electron chi connectivity index (χ2n) is 6.81. The SMILES string of the molecule is O=CC1(c2ccc(F)c(Cl)c2)CC1.O=CC1(c2ccc(F)c(Cl)c2)CC1. The van der Waals surface area contributed by atoms with E-state index in [0.29, 0.717) is 0 Å². The first-order valence-electron chi connectivity index (χ1n) is 8.19. The molecule has 26 heavy (non-hydrogen) atoms. The monoisotopic (exact) mass is 396 g/mol. The summed E-state index contributed by atoms with van der Waals surface area (Å²) in [7, 11) is 0. The van der Waals surface area contributed by atoms with Gasteiger partial charge < -0.3 is 9.59 Å². The van der Waals surface area contributed by atoms with Crippen molar-refractivity contribution in [2.45, 2.75) is 36.5 Å². The van der Waals surface area contributed by atoms with E-state index < -0.39 is 11.6 Å². The zero-order valence-electron chi connectivity index (χ0n) is 13.8. The van der Waals surface area contributed by atoms with E-state index in [9.17, 15) is 18.4 Å². The maximum absolute atomic E-state index is 12.8. The van der Waals surface area contributed by atoms with E-state index in [2.05, 4.69) is 0 Å². The van der Waals surface area contributed by atoms with Crippen molar-refractivity contribution in [1.29, 1.82) is 0 Å². The van der Waals surface area contributed by atoms with E-state index in [-0.39, 0.29) is 20.9 Å². The van der Waals surface area contributed by atoms with Gasteiger partial charge in [0.15, 0.2) is 0 Å². The topological polar surface area (TPSA) is 34.1 Å². The molecule has 0 aliphatic heterocycles. The lowest BCUT2D eigenvalue weighted by Gasteiger charge is -2.07. The molecular weight excluding hydrogens is 381 g/mol. The van der Waals surface area contributed by atoms with Crippen LogP contribution in [0.2, 0.25) is 10.0 Å². The van der Waals surface area contributed by atoms with Gasteiger partial charge >= 0.3 is 0 Å². The van der Waals surface area contributed by atoms with Gasteiger partial charge in [-0.1, -0.05) is 35.3 Å². The molecule has 136 valence electrons. The van der Waals surface area contributed by atoms with Crippen molar-refractivity contribution >= 4 is 35.8 Å². The maximum atomic E-state index is 12.8. The Bertz CT molecular complexity index is 787. The second kappa shape index (κ2) is 7.09. The predicted molar refractivity (Wildman–Crippen MR) is 96.8 cm³/mol. The summed E-state index contributed by atoms with van der Waals surface area (Å²) in [4.78, 5) is 21.5. The molecule has 6 heteroatoms. The molecule has 2 saturated carbocycles. The van der Waals surface area contributed by atoms with Crippen LogP contribution in [0.3, 0.4) is 0 Å². The molecule has 0 N–H and O–H groups in total. The lowest BCUT2D eigenvalue weighted by atomic mass is 9.98. The van der Waals surface area contributed by atoms with Crippen LogP contribution in [-0.2, 0) is 20.4 Å². The Morgan fingerprint density at radius 2 is 1.08 bits per heavy atom. The summed E-state index contributed by atoms with van der Waals surface area (Å²) in [6, 6.07) is 8.95.